The van der Waals surface area contributed by atoms with Crippen LogP contribution in [0.1, 0.15) is 19.4 Å². The SMILES string of the molecule is [C-]#[N+]C(C)(C)c1ccc(-c2nnc3cnc4ccc(-c5ccc6nc(N)oc6c5)cc4n23)cc1. The van der Waals surface area contributed by atoms with Gasteiger partial charge in [0.2, 0.25) is 0 Å². The first-order chi connectivity index (χ1) is 16.4. The highest BCUT2D eigenvalue weighted by Gasteiger charge is 2.25. The van der Waals surface area contributed by atoms with Crippen LogP contribution in [0.3, 0.4) is 0 Å². The highest BCUT2D eigenvalue weighted by Crippen LogP contribution is 2.31. The Morgan fingerprint density at radius 1 is 0.912 bits per heavy atom. The van der Waals surface area contributed by atoms with Gasteiger partial charge >= 0.3 is 0 Å². The quantitative estimate of drug-likeness (QED) is 0.362. The van der Waals surface area contributed by atoms with Crippen molar-refractivity contribution in [1.82, 2.24) is 24.6 Å². The number of oxazole rings is 1. The summed E-state index contributed by atoms with van der Waals surface area (Å²) in [5, 5.41) is 8.79. The molecule has 0 spiro atoms. The van der Waals surface area contributed by atoms with Gasteiger partial charge in [0.25, 0.3) is 11.6 Å². The molecule has 3 aromatic carbocycles. The summed E-state index contributed by atoms with van der Waals surface area (Å²) in [6.45, 7) is 11.3. The number of rotatable bonds is 3. The Morgan fingerprint density at radius 2 is 1.62 bits per heavy atom. The van der Waals surface area contributed by atoms with E-state index in [9.17, 15) is 0 Å². The molecule has 3 aromatic heterocycles. The van der Waals surface area contributed by atoms with E-state index in [4.69, 9.17) is 16.7 Å². The lowest BCUT2D eigenvalue weighted by atomic mass is 9.94. The molecular weight excluding hydrogens is 426 g/mol. The van der Waals surface area contributed by atoms with Crippen molar-refractivity contribution in [3.05, 3.63) is 83.8 Å². The van der Waals surface area contributed by atoms with Crippen LogP contribution in [0.2, 0.25) is 0 Å². The average molecular weight is 445 g/mol. The Balaban J connectivity index is 1.52. The zero-order valence-corrected chi connectivity index (χ0v) is 18.5. The molecule has 0 bridgehead atoms. The number of nitrogens with two attached hydrogens (primary N) is 1. The van der Waals surface area contributed by atoms with Gasteiger partial charge < -0.3 is 15.0 Å². The third-order valence-corrected chi connectivity index (χ3v) is 6.09. The largest absolute Gasteiger partial charge is 0.424 e. The number of aromatic nitrogens is 5. The van der Waals surface area contributed by atoms with E-state index in [1.165, 1.54) is 0 Å². The van der Waals surface area contributed by atoms with Crippen molar-refractivity contribution < 1.29 is 4.42 Å². The van der Waals surface area contributed by atoms with Gasteiger partial charge in [-0.15, -0.1) is 10.2 Å². The van der Waals surface area contributed by atoms with E-state index in [1.807, 2.05) is 72.8 Å². The van der Waals surface area contributed by atoms with Crippen molar-refractivity contribution in [2.75, 3.05) is 5.73 Å². The van der Waals surface area contributed by atoms with Gasteiger partial charge in [0.15, 0.2) is 17.1 Å². The second-order valence-electron chi connectivity index (χ2n) is 8.66. The van der Waals surface area contributed by atoms with Crippen LogP contribution < -0.4 is 5.73 Å². The van der Waals surface area contributed by atoms with E-state index < -0.39 is 5.54 Å². The molecule has 8 nitrogen and oxygen atoms in total. The molecule has 0 aliphatic rings. The summed E-state index contributed by atoms with van der Waals surface area (Å²) < 4.78 is 7.51. The number of anilines is 1. The number of hydrogen-bond donors (Lipinski definition) is 1. The molecule has 0 aliphatic carbocycles. The fourth-order valence-electron chi connectivity index (χ4n) is 4.14. The zero-order valence-electron chi connectivity index (χ0n) is 18.5. The summed E-state index contributed by atoms with van der Waals surface area (Å²) in [5.74, 6) is 0.713. The Hall–Kier alpha value is -4.77. The van der Waals surface area contributed by atoms with Crippen molar-refractivity contribution in [1.29, 1.82) is 0 Å². The van der Waals surface area contributed by atoms with Crippen molar-refractivity contribution in [2.24, 2.45) is 0 Å². The summed E-state index contributed by atoms with van der Waals surface area (Å²) in [4.78, 5) is 12.5. The smallest absolute Gasteiger partial charge is 0.292 e. The second-order valence-corrected chi connectivity index (χ2v) is 8.66. The first-order valence-electron chi connectivity index (χ1n) is 10.7. The van der Waals surface area contributed by atoms with Crippen LogP contribution in [0.4, 0.5) is 6.01 Å². The first kappa shape index (κ1) is 19.9. The fraction of sp³-hybridized carbons (Fsp3) is 0.115. The topological polar surface area (TPSA) is 99.5 Å². The van der Waals surface area contributed by atoms with Crippen LogP contribution >= 0.6 is 0 Å². The minimum Gasteiger partial charge on any atom is -0.424 e. The maximum absolute atomic E-state index is 7.45. The van der Waals surface area contributed by atoms with E-state index in [2.05, 4.69) is 31.1 Å². The Labute approximate surface area is 194 Å². The second kappa shape index (κ2) is 7.12. The molecule has 0 saturated carbocycles. The van der Waals surface area contributed by atoms with Gasteiger partial charge in [-0.1, -0.05) is 36.4 Å². The predicted octanol–water partition coefficient (Wildman–Crippen LogP) is 5.49. The minimum absolute atomic E-state index is 0.150. The molecule has 0 fully saturated rings. The molecule has 6 rings (SSSR count). The number of hydrogen-bond acceptors (Lipinski definition) is 6. The highest BCUT2D eigenvalue weighted by molar-refractivity contribution is 5.87. The van der Waals surface area contributed by atoms with Crippen LogP contribution in [0.5, 0.6) is 0 Å². The van der Waals surface area contributed by atoms with Crippen LogP contribution in [-0.2, 0) is 5.54 Å². The van der Waals surface area contributed by atoms with Gasteiger partial charge in [0.05, 0.1) is 17.2 Å². The molecule has 0 saturated heterocycles. The molecule has 3 heterocycles. The highest BCUT2D eigenvalue weighted by atomic mass is 16.4. The molecule has 0 unspecified atom stereocenters. The van der Waals surface area contributed by atoms with E-state index >= 15 is 0 Å². The van der Waals surface area contributed by atoms with Gasteiger partial charge in [-0.3, -0.25) is 9.38 Å². The monoisotopic (exact) mass is 445 g/mol. The van der Waals surface area contributed by atoms with E-state index in [1.54, 1.807) is 6.20 Å². The predicted molar refractivity (Wildman–Crippen MR) is 131 cm³/mol. The summed E-state index contributed by atoms with van der Waals surface area (Å²) >= 11 is 0. The van der Waals surface area contributed by atoms with Crippen molar-refractivity contribution in [2.45, 2.75) is 19.4 Å². The normalized spacial score (nSPS) is 11.9. The standard InChI is InChI=1S/C26H19N7O/c1-26(2,28-3)18-8-4-15(5-9-18)24-32-31-23-14-29-19-10-6-16(12-21(19)33(23)24)17-7-11-20-22(13-17)34-25(27)30-20/h4-14H,1-2H3,(H2,27,30). The first-order valence-corrected chi connectivity index (χ1v) is 10.7. The van der Waals surface area contributed by atoms with Crippen molar-refractivity contribution >= 4 is 33.8 Å². The van der Waals surface area contributed by atoms with E-state index in [0.717, 1.165) is 38.8 Å². The zero-order chi connectivity index (χ0) is 23.4. The lowest BCUT2D eigenvalue weighted by Crippen LogP contribution is -2.10. The molecule has 0 aliphatic heterocycles. The van der Waals surface area contributed by atoms with Gasteiger partial charge in [-0.2, -0.15) is 4.98 Å². The molecule has 2 N–H and O–H groups in total. The molecule has 6 aromatic rings. The molecule has 0 amide bonds. The maximum Gasteiger partial charge on any atom is 0.292 e. The number of fused-ring (bicyclic) bond motifs is 4. The third kappa shape index (κ3) is 3.06. The molecule has 34 heavy (non-hydrogen) atoms. The van der Waals surface area contributed by atoms with Gasteiger partial charge in [0, 0.05) is 25.0 Å². The van der Waals surface area contributed by atoms with E-state index in [-0.39, 0.29) is 6.01 Å². The summed E-state index contributed by atoms with van der Waals surface area (Å²) in [6.07, 6.45) is 1.72. The van der Waals surface area contributed by atoms with Crippen molar-refractivity contribution in [3.8, 4) is 22.5 Å². The Morgan fingerprint density at radius 3 is 2.38 bits per heavy atom. The van der Waals surface area contributed by atoms with Gasteiger partial charge in [-0.05, 0) is 35.4 Å². The molecule has 164 valence electrons. The van der Waals surface area contributed by atoms with Crippen LogP contribution in [0, 0.1) is 6.57 Å². The molecular formula is C26H19N7O. The van der Waals surface area contributed by atoms with Gasteiger partial charge in [-0.25, -0.2) is 6.57 Å². The van der Waals surface area contributed by atoms with Gasteiger partial charge in [0.1, 0.15) is 5.52 Å². The fourth-order valence-corrected chi connectivity index (χ4v) is 4.14. The number of benzene rings is 3. The Kier molecular flexibility index (Phi) is 4.16. The number of nitrogens with zero attached hydrogens (tertiary/aromatic N) is 6. The minimum atomic E-state index is -0.577. The van der Waals surface area contributed by atoms with Crippen LogP contribution in [0.25, 0.3) is 55.1 Å². The lowest BCUT2D eigenvalue weighted by Gasteiger charge is -2.12. The van der Waals surface area contributed by atoms with Crippen LogP contribution in [0.15, 0.2) is 71.3 Å². The lowest BCUT2D eigenvalue weighted by molar-refractivity contribution is 0.626. The molecule has 0 atom stereocenters. The maximum atomic E-state index is 7.45. The van der Waals surface area contributed by atoms with E-state index in [0.29, 0.717) is 17.1 Å². The third-order valence-electron chi connectivity index (χ3n) is 6.09. The summed E-state index contributed by atoms with van der Waals surface area (Å²) in [6, 6.07) is 19.9. The Bertz CT molecular complexity index is 1750. The number of nitrogen functional groups attached to an aromatic ring is 1. The average Bonchev–Trinajstić information content (AvgIpc) is 3.46. The molecule has 8 heteroatoms. The summed E-state index contributed by atoms with van der Waals surface area (Å²) in [5.41, 5.74) is 12.7. The summed E-state index contributed by atoms with van der Waals surface area (Å²) in [7, 11) is 0. The molecule has 0 radical (unpaired) electrons. The van der Waals surface area contributed by atoms with Crippen molar-refractivity contribution in [3.63, 3.8) is 0 Å². The van der Waals surface area contributed by atoms with Crippen LogP contribution in [-0.4, -0.2) is 24.6 Å².